The summed E-state index contributed by atoms with van der Waals surface area (Å²) in [6, 6.07) is 9.89. The average Bonchev–Trinajstić information content (AvgIpc) is 3.07. The zero-order valence-electron chi connectivity index (χ0n) is 9.86. The zero-order chi connectivity index (χ0) is 11.4. The molecule has 2 nitrogen and oxygen atoms in total. The molecule has 88 valence electrons. The molecule has 2 heteroatoms. The first kappa shape index (κ1) is 11.5. The number of ether oxygens (including phenoxy) is 1. The van der Waals surface area contributed by atoms with Crippen molar-refractivity contribution in [3.8, 4) is 5.75 Å². The molecule has 1 aromatic rings. The SMILES string of the molecule is CC(O)C1(CCCOc2ccccc2)CC1. The molecule has 1 N–H and O–H groups in total. The molecule has 1 unspecified atom stereocenters. The van der Waals surface area contributed by atoms with E-state index in [1.54, 1.807) is 0 Å². The molecule has 0 radical (unpaired) electrons. The summed E-state index contributed by atoms with van der Waals surface area (Å²) < 4.78 is 5.63. The summed E-state index contributed by atoms with van der Waals surface area (Å²) in [6.45, 7) is 2.66. The Morgan fingerprint density at radius 3 is 2.56 bits per heavy atom. The van der Waals surface area contributed by atoms with E-state index in [4.69, 9.17) is 4.74 Å². The van der Waals surface area contributed by atoms with Crippen LogP contribution >= 0.6 is 0 Å². The summed E-state index contributed by atoms with van der Waals surface area (Å²) >= 11 is 0. The maximum absolute atomic E-state index is 9.62. The smallest absolute Gasteiger partial charge is 0.119 e. The van der Waals surface area contributed by atoms with E-state index in [1.165, 1.54) is 12.8 Å². The highest BCUT2D eigenvalue weighted by molar-refractivity contribution is 5.20. The van der Waals surface area contributed by atoms with E-state index in [2.05, 4.69) is 0 Å². The van der Waals surface area contributed by atoms with Crippen LogP contribution in [0, 0.1) is 5.41 Å². The second-order valence-electron chi connectivity index (χ2n) is 4.80. The summed E-state index contributed by atoms with van der Waals surface area (Å²) in [7, 11) is 0. The number of hydrogen-bond donors (Lipinski definition) is 1. The number of aliphatic hydroxyl groups is 1. The first-order valence-corrected chi connectivity index (χ1v) is 6.09. The topological polar surface area (TPSA) is 29.5 Å². The van der Waals surface area contributed by atoms with Gasteiger partial charge >= 0.3 is 0 Å². The maximum atomic E-state index is 9.62. The predicted octanol–water partition coefficient (Wildman–Crippen LogP) is 3.01. The third-order valence-corrected chi connectivity index (χ3v) is 3.61. The lowest BCUT2D eigenvalue weighted by Gasteiger charge is -2.18. The van der Waals surface area contributed by atoms with E-state index >= 15 is 0 Å². The normalized spacial score (nSPS) is 19.1. The Balaban J connectivity index is 1.66. The van der Waals surface area contributed by atoms with E-state index in [1.807, 2.05) is 37.3 Å². The molecule has 16 heavy (non-hydrogen) atoms. The van der Waals surface area contributed by atoms with Gasteiger partial charge in [-0.1, -0.05) is 18.2 Å². The highest BCUT2D eigenvalue weighted by Crippen LogP contribution is 2.52. The lowest BCUT2D eigenvalue weighted by Crippen LogP contribution is -2.18. The molecule has 1 aromatic carbocycles. The van der Waals surface area contributed by atoms with Gasteiger partial charge in [0.1, 0.15) is 5.75 Å². The lowest BCUT2D eigenvalue weighted by molar-refractivity contribution is 0.0995. The van der Waals surface area contributed by atoms with Crippen molar-refractivity contribution in [2.45, 2.75) is 38.7 Å². The van der Waals surface area contributed by atoms with Gasteiger partial charge in [-0.15, -0.1) is 0 Å². The number of benzene rings is 1. The van der Waals surface area contributed by atoms with Crippen LogP contribution in [0.3, 0.4) is 0 Å². The van der Waals surface area contributed by atoms with Crippen molar-refractivity contribution in [2.75, 3.05) is 6.61 Å². The molecule has 1 aliphatic carbocycles. The maximum Gasteiger partial charge on any atom is 0.119 e. The highest BCUT2D eigenvalue weighted by Gasteiger charge is 2.45. The van der Waals surface area contributed by atoms with Crippen LogP contribution in [0.4, 0.5) is 0 Å². The molecule has 0 bridgehead atoms. The van der Waals surface area contributed by atoms with Gasteiger partial charge < -0.3 is 9.84 Å². The second kappa shape index (κ2) is 4.88. The highest BCUT2D eigenvalue weighted by atomic mass is 16.5. The Bertz CT molecular complexity index is 315. The molecule has 0 aromatic heterocycles. The Hall–Kier alpha value is -1.02. The number of aliphatic hydroxyl groups excluding tert-OH is 1. The Morgan fingerprint density at radius 1 is 1.31 bits per heavy atom. The third-order valence-electron chi connectivity index (χ3n) is 3.61. The number of rotatable bonds is 6. The fourth-order valence-corrected chi connectivity index (χ4v) is 2.17. The van der Waals surface area contributed by atoms with Crippen LogP contribution in [0.5, 0.6) is 5.75 Å². The van der Waals surface area contributed by atoms with Crippen LogP contribution in [0.15, 0.2) is 30.3 Å². The van der Waals surface area contributed by atoms with Gasteiger partial charge in [-0.3, -0.25) is 0 Å². The molecule has 1 fully saturated rings. The van der Waals surface area contributed by atoms with Gasteiger partial charge in [0.2, 0.25) is 0 Å². The fraction of sp³-hybridized carbons (Fsp3) is 0.571. The molecule has 1 atom stereocenters. The van der Waals surface area contributed by atoms with Crippen LogP contribution in [0.1, 0.15) is 32.6 Å². The first-order valence-electron chi connectivity index (χ1n) is 6.09. The molecule has 0 spiro atoms. The zero-order valence-corrected chi connectivity index (χ0v) is 9.86. The Kier molecular flexibility index (Phi) is 3.49. The predicted molar refractivity (Wildman–Crippen MR) is 64.5 cm³/mol. The van der Waals surface area contributed by atoms with Crippen molar-refractivity contribution < 1.29 is 9.84 Å². The molecule has 1 aliphatic rings. The van der Waals surface area contributed by atoms with Gasteiger partial charge in [0.15, 0.2) is 0 Å². The van der Waals surface area contributed by atoms with E-state index in [0.717, 1.165) is 25.2 Å². The quantitative estimate of drug-likeness (QED) is 0.747. The van der Waals surface area contributed by atoms with Gasteiger partial charge in [-0.2, -0.15) is 0 Å². The van der Waals surface area contributed by atoms with E-state index in [9.17, 15) is 5.11 Å². The van der Waals surface area contributed by atoms with E-state index < -0.39 is 0 Å². The van der Waals surface area contributed by atoms with Gasteiger partial charge in [0.25, 0.3) is 0 Å². The van der Waals surface area contributed by atoms with Crippen molar-refractivity contribution in [3.05, 3.63) is 30.3 Å². The first-order chi connectivity index (χ1) is 7.73. The van der Waals surface area contributed by atoms with Crippen molar-refractivity contribution in [1.82, 2.24) is 0 Å². The van der Waals surface area contributed by atoms with Gasteiger partial charge in [0, 0.05) is 0 Å². The van der Waals surface area contributed by atoms with Crippen LogP contribution in [0.25, 0.3) is 0 Å². The molecule has 1 saturated carbocycles. The van der Waals surface area contributed by atoms with E-state index in [0.29, 0.717) is 0 Å². The fourth-order valence-electron chi connectivity index (χ4n) is 2.17. The van der Waals surface area contributed by atoms with Gasteiger partial charge in [-0.05, 0) is 50.2 Å². The lowest BCUT2D eigenvalue weighted by atomic mass is 9.95. The third kappa shape index (κ3) is 2.76. The minimum atomic E-state index is -0.163. The Labute approximate surface area is 97.3 Å². The van der Waals surface area contributed by atoms with Crippen LogP contribution in [-0.2, 0) is 0 Å². The van der Waals surface area contributed by atoms with Crippen LogP contribution in [-0.4, -0.2) is 17.8 Å². The van der Waals surface area contributed by atoms with Crippen molar-refractivity contribution in [3.63, 3.8) is 0 Å². The average molecular weight is 220 g/mol. The monoisotopic (exact) mass is 220 g/mol. The Morgan fingerprint density at radius 2 is 2.00 bits per heavy atom. The second-order valence-corrected chi connectivity index (χ2v) is 4.80. The molecule has 0 heterocycles. The van der Waals surface area contributed by atoms with Gasteiger partial charge in [-0.25, -0.2) is 0 Å². The van der Waals surface area contributed by atoms with Crippen LogP contribution < -0.4 is 4.74 Å². The molecule has 0 amide bonds. The molecule has 0 saturated heterocycles. The molecule has 2 rings (SSSR count). The summed E-state index contributed by atoms with van der Waals surface area (Å²) in [5, 5.41) is 9.62. The summed E-state index contributed by atoms with van der Waals surface area (Å²) in [6.07, 6.45) is 4.30. The van der Waals surface area contributed by atoms with Crippen molar-refractivity contribution in [1.29, 1.82) is 0 Å². The van der Waals surface area contributed by atoms with Crippen molar-refractivity contribution in [2.24, 2.45) is 5.41 Å². The summed E-state index contributed by atoms with van der Waals surface area (Å²) in [5.74, 6) is 0.935. The van der Waals surface area contributed by atoms with Gasteiger partial charge in [0.05, 0.1) is 12.7 Å². The summed E-state index contributed by atoms with van der Waals surface area (Å²) in [5.41, 5.74) is 0.222. The number of hydrogen-bond acceptors (Lipinski definition) is 2. The van der Waals surface area contributed by atoms with Crippen molar-refractivity contribution >= 4 is 0 Å². The van der Waals surface area contributed by atoms with Crippen LogP contribution in [0.2, 0.25) is 0 Å². The molecule has 0 aliphatic heterocycles. The largest absolute Gasteiger partial charge is 0.494 e. The summed E-state index contributed by atoms with van der Waals surface area (Å²) in [4.78, 5) is 0. The molecular weight excluding hydrogens is 200 g/mol. The standard InChI is InChI=1S/C14H20O2/c1-12(15)14(9-10-14)8-5-11-16-13-6-3-2-4-7-13/h2-4,6-7,12,15H,5,8-11H2,1H3. The van der Waals surface area contributed by atoms with E-state index in [-0.39, 0.29) is 11.5 Å². The minimum absolute atomic E-state index is 0.163. The molecular formula is C14H20O2. The number of para-hydroxylation sites is 1. The minimum Gasteiger partial charge on any atom is -0.494 e.